The third-order valence-electron chi connectivity index (χ3n) is 2.02. The molecule has 0 aliphatic heterocycles. The maximum atomic E-state index is 12.5. The summed E-state index contributed by atoms with van der Waals surface area (Å²) in [6, 6.07) is 1.31. The Morgan fingerprint density at radius 1 is 1.50 bits per heavy atom. The van der Waals surface area contributed by atoms with Gasteiger partial charge >= 0.3 is 11.3 Å². The number of nitrogens with one attached hydrogen (secondary N) is 1. The van der Waals surface area contributed by atoms with Crippen LogP contribution in [-0.4, -0.2) is 17.3 Å². The fourth-order valence-corrected chi connectivity index (χ4v) is 1.55. The summed E-state index contributed by atoms with van der Waals surface area (Å²) in [5, 5.41) is 5.52. The molecule has 2 heterocycles. The Morgan fingerprint density at radius 2 is 2.19 bits per heavy atom. The standard InChI is InChI=1S/C8H5ClF3N3O/c1-16-15-3-4-5(2-6(15)9)13-14-7(4)8(10,11)12/h2-3H,1H3/p+1. The van der Waals surface area contributed by atoms with Crippen LogP contribution in [0.25, 0.3) is 10.9 Å². The molecule has 86 valence electrons. The van der Waals surface area contributed by atoms with Gasteiger partial charge in [-0.05, 0) is 11.6 Å². The van der Waals surface area contributed by atoms with E-state index < -0.39 is 11.9 Å². The van der Waals surface area contributed by atoms with Gasteiger partial charge in [0.2, 0.25) is 6.20 Å². The molecule has 2 rings (SSSR count). The van der Waals surface area contributed by atoms with E-state index in [0.717, 1.165) is 10.9 Å². The van der Waals surface area contributed by atoms with Gasteiger partial charge in [-0.2, -0.15) is 18.3 Å². The predicted octanol–water partition coefficient (Wildman–Crippen LogP) is 1.58. The lowest BCUT2D eigenvalue weighted by atomic mass is 10.2. The number of halogens is 4. The van der Waals surface area contributed by atoms with E-state index >= 15 is 0 Å². The molecule has 0 aliphatic rings. The van der Waals surface area contributed by atoms with Gasteiger partial charge in [0.25, 0.3) is 0 Å². The fraction of sp³-hybridized carbons (Fsp3) is 0.250. The van der Waals surface area contributed by atoms with Crippen LogP contribution in [0, 0.1) is 0 Å². The number of fused-ring (bicyclic) bond motifs is 1. The molecule has 2 aromatic rings. The molecule has 0 aromatic carbocycles. The molecule has 8 heteroatoms. The molecular weight excluding hydrogens is 247 g/mol. The van der Waals surface area contributed by atoms with Crippen LogP contribution in [0.2, 0.25) is 5.15 Å². The third-order valence-corrected chi connectivity index (χ3v) is 2.29. The van der Waals surface area contributed by atoms with E-state index in [4.69, 9.17) is 16.4 Å². The van der Waals surface area contributed by atoms with Crippen molar-refractivity contribution in [2.45, 2.75) is 6.18 Å². The number of H-pyrrole nitrogens is 1. The summed E-state index contributed by atoms with van der Waals surface area (Å²) in [7, 11) is 1.30. The molecule has 0 spiro atoms. The normalized spacial score (nSPS) is 12.1. The maximum Gasteiger partial charge on any atom is 0.436 e. The lowest BCUT2D eigenvalue weighted by Crippen LogP contribution is -2.41. The minimum Gasteiger partial charge on any atom is -0.277 e. The zero-order chi connectivity index (χ0) is 11.9. The van der Waals surface area contributed by atoms with Crippen molar-refractivity contribution in [1.82, 2.24) is 10.2 Å². The van der Waals surface area contributed by atoms with E-state index in [2.05, 4.69) is 10.2 Å². The zero-order valence-electron chi connectivity index (χ0n) is 7.97. The molecule has 0 unspecified atom stereocenters. The average Bonchev–Trinajstić information content (AvgIpc) is 2.58. The van der Waals surface area contributed by atoms with Crippen LogP contribution in [0.15, 0.2) is 12.3 Å². The first kappa shape index (κ1) is 11.0. The van der Waals surface area contributed by atoms with Crippen LogP contribution in [0.4, 0.5) is 13.2 Å². The maximum absolute atomic E-state index is 12.5. The number of aromatic amines is 1. The van der Waals surface area contributed by atoms with Crippen LogP contribution in [-0.2, 0) is 6.18 Å². The van der Waals surface area contributed by atoms with Crippen LogP contribution < -0.4 is 9.57 Å². The lowest BCUT2D eigenvalue weighted by Gasteiger charge is -2.01. The first-order valence-corrected chi connectivity index (χ1v) is 4.52. The number of rotatable bonds is 1. The smallest absolute Gasteiger partial charge is 0.277 e. The predicted molar refractivity (Wildman–Crippen MR) is 48.8 cm³/mol. The molecule has 16 heavy (non-hydrogen) atoms. The highest BCUT2D eigenvalue weighted by atomic mass is 35.5. The summed E-state index contributed by atoms with van der Waals surface area (Å²) >= 11 is 5.74. The van der Waals surface area contributed by atoms with E-state index in [0.29, 0.717) is 0 Å². The van der Waals surface area contributed by atoms with E-state index in [1.807, 2.05) is 0 Å². The van der Waals surface area contributed by atoms with E-state index in [-0.39, 0.29) is 16.1 Å². The summed E-state index contributed by atoms with van der Waals surface area (Å²) in [6.45, 7) is 0. The van der Waals surface area contributed by atoms with Crippen molar-refractivity contribution < 1.29 is 22.7 Å². The minimum atomic E-state index is -4.52. The summed E-state index contributed by atoms with van der Waals surface area (Å²) in [5.74, 6) is 0. The third kappa shape index (κ3) is 1.67. The SMILES string of the molecule is CO[n+]1cc2c(C(F)(F)F)n[nH]c2cc1Cl. The Kier molecular flexibility index (Phi) is 2.42. The van der Waals surface area contributed by atoms with Gasteiger partial charge in [-0.3, -0.25) is 9.94 Å². The van der Waals surface area contributed by atoms with Crippen LogP contribution in [0.1, 0.15) is 5.69 Å². The van der Waals surface area contributed by atoms with Crippen molar-refractivity contribution in [3.63, 3.8) is 0 Å². The Balaban J connectivity index is 2.72. The van der Waals surface area contributed by atoms with Crippen LogP contribution in [0.5, 0.6) is 0 Å². The van der Waals surface area contributed by atoms with Crippen molar-refractivity contribution in [3.05, 3.63) is 23.1 Å². The second kappa shape index (κ2) is 3.51. The molecule has 0 radical (unpaired) electrons. The van der Waals surface area contributed by atoms with Crippen LogP contribution >= 0.6 is 11.6 Å². The highest BCUT2D eigenvalue weighted by Crippen LogP contribution is 2.32. The van der Waals surface area contributed by atoms with Gasteiger partial charge in [-0.25, -0.2) is 0 Å². The average molecular weight is 253 g/mol. The Hall–Kier alpha value is -1.50. The van der Waals surface area contributed by atoms with E-state index in [1.54, 1.807) is 0 Å². The monoisotopic (exact) mass is 252 g/mol. The van der Waals surface area contributed by atoms with Gasteiger partial charge < -0.3 is 0 Å². The summed E-state index contributed by atoms with van der Waals surface area (Å²) in [4.78, 5) is 4.77. The van der Waals surface area contributed by atoms with Gasteiger partial charge in [-0.15, -0.1) is 0 Å². The molecule has 2 aromatic heterocycles. The summed E-state index contributed by atoms with van der Waals surface area (Å²) in [6.07, 6.45) is -3.39. The second-order valence-corrected chi connectivity index (χ2v) is 3.39. The van der Waals surface area contributed by atoms with E-state index in [1.165, 1.54) is 13.2 Å². The van der Waals surface area contributed by atoms with Crippen molar-refractivity contribution in [3.8, 4) is 0 Å². The van der Waals surface area contributed by atoms with Crippen molar-refractivity contribution >= 4 is 22.5 Å². The quantitative estimate of drug-likeness (QED) is 0.618. The molecule has 0 amide bonds. The molecule has 0 bridgehead atoms. The molecular formula is C8H6ClF3N3O+. The number of pyridine rings is 1. The number of nitrogens with zero attached hydrogens (tertiary/aromatic N) is 2. The molecule has 0 atom stereocenters. The van der Waals surface area contributed by atoms with Crippen molar-refractivity contribution in [2.75, 3.05) is 7.11 Å². The fourth-order valence-electron chi connectivity index (χ4n) is 1.32. The molecule has 1 N–H and O–H groups in total. The Morgan fingerprint density at radius 3 is 2.75 bits per heavy atom. The first-order chi connectivity index (χ1) is 7.43. The Bertz CT molecular complexity index is 537. The minimum absolute atomic E-state index is 0.0984. The highest BCUT2D eigenvalue weighted by molar-refractivity contribution is 6.29. The van der Waals surface area contributed by atoms with Gasteiger partial charge in [0.15, 0.2) is 5.69 Å². The summed E-state index contributed by atoms with van der Waals surface area (Å²) < 4.78 is 38.6. The van der Waals surface area contributed by atoms with Gasteiger partial charge in [0.1, 0.15) is 12.5 Å². The molecule has 0 fully saturated rings. The Labute approximate surface area is 92.5 Å². The van der Waals surface area contributed by atoms with Crippen molar-refractivity contribution in [1.29, 1.82) is 0 Å². The highest BCUT2D eigenvalue weighted by Gasteiger charge is 2.37. The topological polar surface area (TPSA) is 41.8 Å². The number of hydrogen-bond acceptors (Lipinski definition) is 2. The number of alkyl halides is 3. The second-order valence-electron chi connectivity index (χ2n) is 3.00. The number of hydrogen-bond donors (Lipinski definition) is 1. The molecule has 0 saturated heterocycles. The zero-order valence-corrected chi connectivity index (χ0v) is 8.73. The first-order valence-electron chi connectivity index (χ1n) is 4.14. The largest absolute Gasteiger partial charge is 0.436 e. The van der Waals surface area contributed by atoms with Crippen molar-refractivity contribution in [2.24, 2.45) is 0 Å². The summed E-state index contributed by atoms with van der Waals surface area (Å²) in [5.41, 5.74) is -0.796. The van der Waals surface area contributed by atoms with E-state index in [9.17, 15) is 13.2 Å². The van der Waals surface area contributed by atoms with Gasteiger partial charge in [0, 0.05) is 4.73 Å². The van der Waals surface area contributed by atoms with Crippen LogP contribution in [0.3, 0.4) is 0 Å². The van der Waals surface area contributed by atoms with Gasteiger partial charge in [-0.1, -0.05) is 0 Å². The molecule has 0 aliphatic carbocycles. The lowest BCUT2D eigenvalue weighted by molar-refractivity contribution is -0.882. The molecule has 4 nitrogen and oxygen atoms in total. The van der Waals surface area contributed by atoms with Gasteiger partial charge in [0.05, 0.1) is 11.6 Å². The molecule has 0 saturated carbocycles. The number of aromatic nitrogens is 3.